The third kappa shape index (κ3) is 2.96. The maximum atomic E-state index is 4.17. The summed E-state index contributed by atoms with van der Waals surface area (Å²) in [6.45, 7) is 2.19. The first-order valence-corrected chi connectivity index (χ1v) is 8.43. The summed E-state index contributed by atoms with van der Waals surface area (Å²) in [4.78, 5) is 0. The fraction of sp³-hybridized carbons (Fsp3) is 0.0909. The molecule has 0 amide bonds. The molecule has 25 heavy (non-hydrogen) atoms. The largest absolute Gasteiger partial charge is 0.258 e. The molecule has 4 rings (SSSR count). The van der Waals surface area contributed by atoms with Crippen molar-refractivity contribution in [2.24, 2.45) is 0 Å². The van der Waals surface area contributed by atoms with Gasteiger partial charge in [0, 0.05) is 0 Å². The molecule has 1 N–H and O–H groups in total. The first kappa shape index (κ1) is 15.3. The van der Waals surface area contributed by atoms with Crippen LogP contribution < -0.4 is 0 Å². The number of hydrogen-bond acceptors (Lipinski definition) is 2. The molecular formula is C22H18N3. The van der Waals surface area contributed by atoms with Crippen LogP contribution in [0.1, 0.15) is 30.0 Å². The molecule has 0 fully saturated rings. The van der Waals surface area contributed by atoms with Gasteiger partial charge >= 0.3 is 0 Å². The number of H-pyrrole nitrogens is 1. The summed E-state index contributed by atoms with van der Waals surface area (Å²) >= 11 is 0. The third-order valence-corrected chi connectivity index (χ3v) is 4.37. The molecule has 3 nitrogen and oxygen atoms in total. The van der Waals surface area contributed by atoms with Crippen LogP contribution in [0.4, 0.5) is 0 Å². The van der Waals surface area contributed by atoms with E-state index in [9.17, 15) is 0 Å². The second-order valence-corrected chi connectivity index (χ2v) is 5.89. The SMILES string of the molecule is CC/C(=C(\c1[c]cccc1)c1ccc2[nH]nnc2c1)c1ccccc1. The van der Waals surface area contributed by atoms with E-state index in [2.05, 4.69) is 76.9 Å². The van der Waals surface area contributed by atoms with Gasteiger partial charge in [0.15, 0.2) is 0 Å². The number of nitrogens with one attached hydrogen (secondary N) is 1. The van der Waals surface area contributed by atoms with Gasteiger partial charge < -0.3 is 0 Å². The average Bonchev–Trinajstić information content (AvgIpc) is 3.15. The normalized spacial score (nSPS) is 12.2. The van der Waals surface area contributed by atoms with Gasteiger partial charge in [0.05, 0.1) is 5.52 Å². The molecule has 1 heterocycles. The quantitative estimate of drug-likeness (QED) is 0.529. The lowest BCUT2D eigenvalue weighted by Gasteiger charge is -2.16. The first-order valence-electron chi connectivity index (χ1n) is 8.43. The third-order valence-electron chi connectivity index (χ3n) is 4.37. The number of aromatic amines is 1. The Morgan fingerprint density at radius 3 is 2.56 bits per heavy atom. The zero-order chi connectivity index (χ0) is 17.1. The van der Waals surface area contributed by atoms with Crippen molar-refractivity contribution in [1.82, 2.24) is 15.4 Å². The second kappa shape index (κ2) is 6.73. The fourth-order valence-electron chi connectivity index (χ4n) is 3.20. The van der Waals surface area contributed by atoms with Crippen LogP contribution in [-0.4, -0.2) is 15.4 Å². The van der Waals surface area contributed by atoms with Gasteiger partial charge in [0.25, 0.3) is 0 Å². The molecule has 0 saturated heterocycles. The molecule has 0 saturated carbocycles. The number of hydrogen-bond donors (Lipinski definition) is 1. The summed E-state index contributed by atoms with van der Waals surface area (Å²) in [5.74, 6) is 0. The molecule has 121 valence electrons. The standard InChI is InChI=1S/C22H18N3/c1-2-19(16-9-5-3-6-10-16)22(17-11-7-4-8-12-17)18-13-14-20-21(15-18)24-25-23-20/h3-11,13-15H,2H2,1H3,(H,23,24,25)/b22-19-. The number of rotatable bonds is 4. The van der Waals surface area contributed by atoms with Gasteiger partial charge in [0.2, 0.25) is 0 Å². The van der Waals surface area contributed by atoms with E-state index in [0.29, 0.717) is 0 Å². The van der Waals surface area contributed by atoms with Crippen molar-refractivity contribution in [1.29, 1.82) is 0 Å². The summed E-state index contributed by atoms with van der Waals surface area (Å²) in [5.41, 5.74) is 7.76. The van der Waals surface area contributed by atoms with E-state index in [4.69, 9.17) is 0 Å². The predicted octanol–water partition coefficient (Wildman–Crippen LogP) is 5.13. The van der Waals surface area contributed by atoms with Gasteiger partial charge in [-0.2, -0.15) is 0 Å². The summed E-state index contributed by atoms with van der Waals surface area (Å²) < 4.78 is 0. The van der Waals surface area contributed by atoms with Crippen molar-refractivity contribution in [2.45, 2.75) is 13.3 Å². The maximum absolute atomic E-state index is 4.17. The lowest BCUT2D eigenvalue weighted by Crippen LogP contribution is -1.95. The van der Waals surface area contributed by atoms with Gasteiger partial charge in [-0.15, -0.1) is 5.10 Å². The van der Waals surface area contributed by atoms with E-state index in [1.165, 1.54) is 16.7 Å². The predicted molar refractivity (Wildman–Crippen MR) is 102 cm³/mol. The molecule has 4 aromatic rings. The Hall–Kier alpha value is -3.20. The topological polar surface area (TPSA) is 41.6 Å². The first-order chi connectivity index (χ1) is 12.4. The molecule has 0 bridgehead atoms. The van der Waals surface area contributed by atoms with Crippen molar-refractivity contribution in [3.63, 3.8) is 0 Å². The highest BCUT2D eigenvalue weighted by molar-refractivity contribution is 5.99. The Labute approximate surface area is 147 Å². The zero-order valence-corrected chi connectivity index (χ0v) is 14.0. The Balaban J connectivity index is 2.00. The van der Waals surface area contributed by atoms with Crippen LogP contribution in [-0.2, 0) is 0 Å². The maximum Gasteiger partial charge on any atom is 0.113 e. The smallest absolute Gasteiger partial charge is 0.113 e. The van der Waals surface area contributed by atoms with Crippen LogP contribution in [0.3, 0.4) is 0 Å². The highest BCUT2D eigenvalue weighted by Crippen LogP contribution is 2.34. The van der Waals surface area contributed by atoms with Gasteiger partial charge in [-0.1, -0.05) is 72.8 Å². The van der Waals surface area contributed by atoms with Crippen molar-refractivity contribution in [3.05, 3.63) is 95.6 Å². The molecular weight excluding hydrogens is 306 g/mol. The molecule has 0 spiro atoms. The van der Waals surface area contributed by atoms with Crippen LogP contribution in [0, 0.1) is 6.07 Å². The minimum Gasteiger partial charge on any atom is -0.258 e. The Morgan fingerprint density at radius 1 is 0.960 bits per heavy atom. The van der Waals surface area contributed by atoms with Crippen LogP contribution in [0.15, 0.2) is 72.8 Å². The molecule has 0 aliphatic rings. The number of nitrogens with zero attached hydrogens (tertiary/aromatic N) is 2. The molecule has 0 atom stereocenters. The number of benzene rings is 3. The van der Waals surface area contributed by atoms with Crippen LogP contribution >= 0.6 is 0 Å². The van der Waals surface area contributed by atoms with Gasteiger partial charge in [0.1, 0.15) is 5.52 Å². The van der Waals surface area contributed by atoms with Crippen molar-refractivity contribution in [2.75, 3.05) is 0 Å². The van der Waals surface area contributed by atoms with Gasteiger partial charge in [-0.3, -0.25) is 5.10 Å². The highest BCUT2D eigenvalue weighted by atomic mass is 15.3. The Kier molecular flexibility index (Phi) is 4.13. The molecule has 0 unspecified atom stereocenters. The number of allylic oxidation sites excluding steroid dienone is 1. The molecule has 1 aromatic heterocycles. The Morgan fingerprint density at radius 2 is 1.80 bits per heavy atom. The number of aromatic nitrogens is 3. The zero-order valence-electron chi connectivity index (χ0n) is 14.0. The molecule has 3 heteroatoms. The second-order valence-electron chi connectivity index (χ2n) is 5.89. The summed E-state index contributed by atoms with van der Waals surface area (Å²) in [5, 5.41) is 11.0. The summed E-state index contributed by atoms with van der Waals surface area (Å²) in [6, 6.07) is 28.3. The minimum atomic E-state index is 0.870. The van der Waals surface area contributed by atoms with E-state index in [1.54, 1.807) is 0 Å². The average molecular weight is 324 g/mol. The van der Waals surface area contributed by atoms with Crippen molar-refractivity contribution >= 4 is 22.2 Å². The lowest BCUT2D eigenvalue weighted by atomic mass is 9.88. The van der Waals surface area contributed by atoms with E-state index in [-0.39, 0.29) is 0 Å². The summed E-state index contributed by atoms with van der Waals surface area (Å²) in [6.07, 6.45) is 0.929. The van der Waals surface area contributed by atoms with E-state index < -0.39 is 0 Å². The molecule has 1 radical (unpaired) electrons. The van der Waals surface area contributed by atoms with E-state index in [1.807, 2.05) is 24.3 Å². The molecule has 0 aliphatic carbocycles. The van der Waals surface area contributed by atoms with Crippen molar-refractivity contribution in [3.8, 4) is 0 Å². The number of fused-ring (bicyclic) bond motifs is 1. The minimum absolute atomic E-state index is 0.870. The monoisotopic (exact) mass is 324 g/mol. The Bertz CT molecular complexity index is 1010. The molecule has 0 aliphatic heterocycles. The molecule has 3 aromatic carbocycles. The van der Waals surface area contributed by atoms with E-state index in [0.717, 1.165) is 28.6 Å². The van der Waals surface area contributed by atoms with E-state index >= 15 is 0 Å². The fourth-order valence-corrected chi connectivity index (χ4v) is 3.20. The van der Waals surface area contributed by atoms with Crippen LogP contribution in [0.25, 0.3) is 22.2 Å². The lowest BCUT2D eigenvalue weighted by molar-refractivity contribution is 0.959. The van der Waals surface area contributed by atoms with Gasteiger partial charge in [-0.25, -0.2) is 0 Å². The van der Waals surface area contributed by atoms with Crippen LogP contribution in [0.2, 0.25) is 0 Å². The highest BCUT2D eigenvalue weighted by Gasteiger charge is 2.14. The van der Waals surface area contributed by atoms with Crippen molar-refractivity contribution < 1.29 is 0 Å². The van der Waals surface area contributed by atoms with Crippen LogP contribution in [0.5, 0.6) is 0 Å². The van der Waals surface area contributed by atoms with Gasteiger partial charge in [-0.05, 0) is 52.5 Å². The summed E-state index contributed by atoms with van der Waals surface area (Å²) in [7, 11) is 0.